The highest BCUT2D eigenvalue weighted by Crippen LogP contribution is 2.37. The highest BCUT2D eigenvalue weighted by Gasteiger charge is 2.26. The summed E-state index contributed by atoms with van der Waals surface area (Å²) >= 11 is 0. The van der Waals surface area contributed by atoms with Crippen LogP contribution in [0.1, 0.15) is 32.9 Å². The van der Waals surface area contributed by atoms with Gasteiger partial charge in [-0.05, 0) is 55.3 Å². The number of nitrogens with zero attached hydrogens (tertiary/aromatic N) is 2. The molecule has 1 aliphatic heterocycles. The van der Waals surface area contributed by atoms with Gasteiger partial charge in [0.2, 0.25) is 0 Å². The molecular weight excluding hydrogens is 404 g/mol. The van der Waals surface area contributed by atoms with Gasteiger partial charge in [0.25, 0.3) is 5.91 Å². The second-order valence-electron chi connectivity index (χ2n) is 7.75. The first-order chi connectivity index (χ1) is 15.4. The lowest BCUT2D eigenvalue weighted by Gasteiger charge is -2.03. The first-order valence-corrected chi connectivity index (χ1v) is 10.1. The second-order valence-corrected chi connectivity index (χ2v) is 7.75. The third-order valence-corrected chi connectivity index (χ3v) is 5.72. The van der Waals surface area contributed by atoms with Crippen LogP contribution in [0, 0.1) is 13.8 Å². The molecule has 3 N–H and O–H groups in total. The number of rotatable bonds is 4. The van der Waals surface area contributed by atoms with E-state index in [0.717, 1.165) is 28.1 Å². The fourth-order valence-corrected chi connectivity index (χ4v) is 4.09. The number of hydrogen-bond acceptors (Lipinski definition) is 3. The number of para-hydroxylation sites is 1. The van der Waals surface area contributed by atoms with Crippen LogP contribution in [0.15, 0.2) is 60.9 Å². The van der Waals surface area contributed by atoms with Crippen LogP contribution in [-0.2, 0) is 4.79 Å². The summed E-state index contributed by atoms with van der Waals surface area (Å²) in [6.45, 7) is 3.45. The van der Waals surface area contributed by atoms with Crippen LogP contribution in [0.2, 0.25) is 0 Å². The van der Waals surface area contributed by atoms with Gasteiger partial charge in [-0.25, -0.2) is 9.48 Å². The van der Waals surface area contributed by atoms with E-state index in [1.165, 1.54) is 0 Å². The molecule has 0 aliphatic carbocycles. The number of hydrogen-bond donors (Lipinski definition) is 3. The van der Waals surface area contributed by atoms with Crippen molar-refractivity contribution in [2.45, 2.75) is 13.8 Å². The van der Waals surface area contributed by atoms with Gasteiger partial charge in [0.05, 0.1) is 23.0 Å². The minimum absolute atomic E-state index is 0.222. The number of carboxylic acid groups (broad SMARTS) is 1. The second kappa shape index (κ2) is 7.39. The smallest absolute Gasteiger partial charge is 0.337 e. The molecule has 0 radical (unpaired) electrons. The summed E-state index contributed by atoms with van der Waals surface area (Å²) in [5.41, 5.74) is 6.80. The Bertz CT molecular complexity index is 1410. The summed E-state index contributed by atoms with van der Waals surface area (Å²) in [4.78, 5) is 27.3. The Balaban J connectivity index is 1.55. The molecule has 2 aromatic heterocycles. The molecule has 0 spiro atoms. The van der Waals surface area contributed by atoms with E-state index >= 15 is 0 Å². The molecule has 32 heavy (non-hydrogen) atoms. The summed E-state index contributed by atoms with van der Waals surface area (Å²) in [5.74, 6) is -1.21. The van der Waals surface area contributed by atoms with Crippen LogP contribution in [0.3, 0.4) is 0 Å². The van der Waals surface area contributed by atoms with Crippen molar-refractivity contribution in [2.24, 2.45) is 0 Å². The Morgan fingerprint density at radius 2 is 1.88 bits per heavy atom. The molecule has 0 bridgehead atoms. The molecule has 7 nitrogen and oxygen atoms in total. The van der Waals surface area contributed by atoms with Gasteiger partial charge >= 0.3 is 5.97 Å². The summed E-state index contributed by atoms with van der Waals surface area (Å²) < 4.78 is 1.81. The molecule has 5 rings (SSSR count). The fraction of sp³-hybridized carbons (Fsp3) is 0.0800. The van der Waals surface area contributed by atoms with Crippen LogP contribution in [-0.4, -0.2) is 31.7 Å². The SMILES string of the molecule is Cc1[nH]c(C=C2C(=O)Nc3ccc(-c4cnn(-c5ccccc5)c4)cc32)c(C)c1C(=O)O. The molecule has 158 valence electrons. The van der Waals surface area contributed by atoms with E-state index in [9.17, 15) is 14.7 Å². The summed E-state index contributed by atoms with van der Waals surface area (Å²) in [6.07, 6.45) is 5.45. The standard InChI is InChI=1S/C25H20N4O3/c1-14-22(27-15(2)23(14)25(31)32)11-20-19-10-16(8-9-21(19)28-24(20)30)17-12-26-29(13-17)18-6-4-3-5-7-18/h3-13,27H,1-2H3,(H,28,30)(H,31,32). The average molecular weight is 424 g/mol. The number of H-pyrrole nitrogens is 1. The van der Waals surface area contributed by atoms with Gasteiger partial charge in [-0.3, -0.25) is 4.79 Å². The normalized spacial score (nSPS) is 13.9. The third kappa shape index (κ3) is 3.20. The summed E-state index contributed by atoms with van der Waals surface area (Å²) in [5, 5.41) is 16.8. The van der Waals surface area contributed by atoms with E-state index in [1.54, 1.807) is 30.8 Å². The average Bonchev–Trinajstić information content (AvgIpc) is 3.45. The van der Waals surface area contributed by atoms with Crippen molar-refractivity contribution in [2.75, 3.05) is 5.32 Å². The van der Waals surface area contributed by atoms with Crippen molar-refractivity contribution in [3.8, 4) is 16.8 Å². The van der Waals surface area contributed by atoms with Gasteiger partial charge in [-0.2, -0.15) is 5.10 Å². The van der Waals surface area contributed by atoms with Gasteiger partial charge in [0, 0.05) is 34.4 Å². The lowest BCUT2D eigenvalue weighted by atomic mass is 10.00. The van der Waals surface area contributed by atoms with Gasteiger partial charge < -0.3 is 15.4 Å². The number of anilines is 1. The number of carboxylic acids is 1. The van der Waals surface area contributed by atoms with Crippen LogP contribution < -0.4 is 5.32 Å². The van der Waals surface area contributed by atoms with Crippen molar-refractivity contribution in [1.29, 1.82) is 0 Å². The van der Waals surface area contributed by atoms with E-state index in [1.807, 2.05) is 54.7 Å². The quantitative estimate of drug-likeness (QED) is 0.414. The number of aromatic amines is 1. The molecule has 2 aromatic carbocycles. The van der Waals surface area contributed by atoms with Crippen molar-refractivity contribution >= 4 is 29.2 Å². The first-order valence-electron chi connectivity index (χ1n) is 10.1. The zero-order valence-corrected chi connectivity index (χ0v) is 17.5. The van der Waals surface area contributed by atoms with E-state index in [2.05, 4.69) is 15.4 Å². The Kier molecular flexibility index (Phi) is 4.52. The Hall–Kier alpha value is -4.39. The number of aryl methyl sites for hydroxylation is 1. The molecule has 0 unspecified atom stereocenters. The molecule has 0 atom stereocenters. The molecule has 0 fully saturated rings. The number of nitrogens with one attached hydrogen (secondary N) is 2. The Morgan fingerprint density at radius 3 is 2.59 bits per heavy atom. The zero-order valence-electron chi connectivity index (χ0n) is 17.5. The lowest BCUT2D eigenvalue weighted by Crippen LogP contribution is -2.03. The maximum atomic E-state index is 12.7. The highest BCUT2D eigenvalue weighted by molar-refractivity contribution is 6.35. The number of aromatic carboxylic acids is 1. The first kappa shape index (κ1) is 19.6. The van der Waals surface area contributed by atoms with Gasteiger partial charge in [-0.15, -0.1) is 0 Å². The summed E-state index contributed by atoms with van der Waals surface area (Å²) in [6, 6.07) is 15.6. The van der Waals surface area contributed by atoms with Gasteiger partial charge in [-0.1, -0.05) is 24.3 Å². The van der Waals surface area contributed by atoms with E-state index in [4.69, 9.17) is 0 Å². The monoisotopic (exact) mass is 424 g/mol. The van der Waals surface area contributed by atoms with Crippen molar-refractivity contribution < 1.29 is 14.7 Å². The number of amides is 1. The molecule has 4 aromatic rings. The lowest BCUT2D eigenvalue weighted by molar-refractivity contribution is -0.110. The topological polar surface area (TPSA) is 100 Å². The van der Waals surface area contributed by atoms with Gasteiger partial charge in [0.15, 0.2) is 0 Å². The van der Waals surface area contributed by atoms with Crippen molar-refractivity contribution in [3.05, 3.63) is 89.0 Å². The van der Waals surface area contributed by atoms with Crippen LogP contribution in [0.4, 0.5) is 5.69 Å². The van der Waals surface area contributed by atoms with E-state index < -0.39 is 5.97 Å². The highest BCUT2D eigenvalue weighted by atomic mass is 16.4. The van der Waals surface area contributed by atoms with Crippen LogP contribution >= 0.6 is 0 Å². The van der Waals surface area contributed by atoms with Crippen LogP contribution in [0.5, 0.6) is 0 Å². The predicted octanol–water partition coefficient (Wildman–Crippen LogP) is 4.68. The molecule has 0 saturated heterocycles. The molecule has 1 aliphatic rings. The van der Waals surface area contributed by atoms with Crippen molar-refractivity contribution in [1.82, 2.24) is 14.8 Å². The minimum atomic E-state index is -0.991. The minimum Gasteiger partial charge on any atom is -0.478 e. The molecular formula is C25H20N4O3. The van der Waals surface area contributed by atoms with Crippen molar-refractivity contribution in [3.63, 3.8) is 0 Å². The Labute approximate surface area is 184 Å². The molecule has 7 heteroatoms. The fourth-order valence-electron chi connectivity index (χ4n) is 4.09. The predicted molar refractivity (Wildman–Crippen MR) is 123 cm³/mol. The maximum Gasteiger partial charge on any atom is 0.337 e. The van der Waals surface area contributed by atoms with E-state index in [0.29, 0.717) is 22.5 Å². The third-order valence-electron chi connectivity index (χ3n) is 5.72. The number of carbonyl (C=O) groups excluding carboxylic acids is 1. The number of fused-ring (bicyclic) bond motifs is 1. The summed E-state index contributed by atoms with van der Waals surface area (Å²) in [7, 11) is 0. The molecule has 3 heterocycles. The zero-order chi connectivity index (χ0) is 22.4. The molecule has 1 amide bonds. The number of carbonyl (C=O) groups is 2. The maximum absolute atomic E-state index is 12.7. The van der Waals surface area contributed by atoms with E-state index in [-0.39, 0.29) is 11.5 Å². The number of aromatic nitrogens is 3. The largest absolute Gasteiger partial charge is 0.478 e. The number of benzene rings is 2. The van der Waals surface area contributed by atoms with Gasteiger partial charge in [0.1, 0.15) is 0 Å². The van der Waals surface area contributed by atoms with Crippen LogP contribution in [0.25, 0.3) is 28.5 Å². The Morgan fingerprint density at radius 1 is 1.09 bits per heavy atom. The molecule has 0 saturated carbocycles.